The Morgan fingerprint density at radius 3 is 2.86 bits per heavy atom. The van der Waals surface area contributed by atoms with Crippen molar-refractivity contribution in [3.8, 4) is 0 Å². The fourth-order valence-electron chi connectivity index (χ4n) is 2.13. The number of aryl methyl sites for hydroxylation is 3. The molecule has 0 spiro atoms. The van der Waals surface area contributed by atoms with Crippen LogP contribution in [-0.2, 0) is 18.3 Å². The van der Waals surface area contributed by atoms with Crippen LogP contribution in [0.1, 0.15) is 36.1 Å². The number of hydrogen-bond donors (Lipinski definition) is 1. The number of carbonyl (C=O) groups excluding carboxylic acids is 1. The molecule has 21 heavy (non-hydrogen) atoms. The minimum atomic E-state index is -0.246. The molecule has 1 heterocycles. The summed E-state index contributed by atoms with van der Waals surface area (Å²) in [5, 5.41) is 6.95. The van der Waals surface area contributed by atoms with Gasteiger partial charge in [-0.1, -0.05) is 12.1 Å². The van der Waals surface area contributed by atoms with E-state index in [4.69, 9.17) is 0 Å². The maximum atomic E-state index is 13.5. The first kappa shape index (κ1) is 15.2. The summed E-state index contributed by atoms with van der Waals surface area (Å²) < 4.78 is 15.2. The van der Waals surface area contributed by atoms with Crippen LogP contribution in [0.2, 0.25) is 0 Å². The van der Waals surface area contributed by atoms with Crippen molar-refractivity contribution < 1.29 is 9.18 Å². The van der Waals surface area contributed by atoms with Gasteiger partial charge in [0.25, 0.3) is 0 Å². The maximum Gasteiger partial charge on any atom is 0.220 e. The molecule has 2 rings (SSSR count). The van der Waals surface area contributed by atoms with E-state index in [1.165, 1.54) is 6.07 Å². The Bertz CT molecular complexity index is 636. The molecule has 0 aliphatic rings. The molecule has 1 amide bonds. The average Bonchev–Trinajstić information content (AvgIpc) is 2.85. The molecule has 1 aromatic heterocycles. The molecule has 0 bridgehead atoms. The smallest absolute Gasteiger partial charge is 0.220 e. The third-order valence-electron chi connectivity index (χ3n) is 3.47. The van der Waals surface area contributed by atoms with Gasteiger partial charge >= 0.3 is 0 Å². The van der Waals surface area contributed by atoms with E-state index in [-0.39, 0.29) is 17.8 Å². The van der Waals surface area contributed by atoms with Crippen LogP contribution >= 0.6 is 0 Å². The molecule has 5 heteroatoms. The van der Waals surface area contributed by atoms with Crippen LogP contribution in [0.15, 0.2) is 30.6 Å². The molecule has 1 N–H and O–H groups in total. The summed E-state index contributed by atoms with van der Waals surface area (Å²) in [6, 6.07) is 4.83. The molecule has 2 aromatic rings. The lowest BCUT2D eigenvalue weighted by Crippen LogP contribution is -2.26. The molecule has 1 aromatic carbocycles. The highest BCUT2D eigenvalue weighted by Crippen LogP contribution is 2.16. The van der Waals surface area contributed by atoms with Gasteiger partial charge in [-0.2, -0.15) is 5.10 Å². The van der Waals surface area contributed by atoms with Gasteiger partial charge in [0.2, 0.25) is 5.91 Å². The average molecular weight is 289 g/mol. The second-order valence-corrected chi connectivity index (χ2v) is 5.32. The first-order chi connectivity index (χ1) is 9.95. The van der Waals surface area contributed by atoms with E-state index in [9.17, 15) is 9.18 Å². The van der Waals surface area contributed by atoms with Crippen molar-refractivity contribution in [2.24, 2.45) is 7.05 Å². The van der Waals surface area contributed by atoms with Crippen molar-refractivity contribution >= 4 is 5.91 Å². The van der Waals surface area contributed by atoms with Crippen LogP contribution in [0.4, 0.5) is 4.39 Å². The van der Waals surface area contributed by atoms with E-state index >= 15 is 0 Å². The fourth-order valence-corrected chi connectivity index (χ4v) is 2.13. The van der Waals surface area contributed by atoms with Gasteiger partial charge in [0, 0.05) is 19.7 Å². The van der Waals surface area contributed by atoms with Crippen LogP contribution in [0.3, 0.4) is 0 Å². The lowest BCUT2D eigenvalue weighted by molar-refractivity contribution is -0.121. The zero-order valence-electron chi connectivity index (χ0n) is 12.6. The first-order valence-electron chi connectivity index (χ1n) is 6.98. The van der Waals surface area contributed by atoms with E-state index in [2.05, 4.69) is 10.4 Å². The molecular weight excluding hydrogens is 269 g/mol. The number of amides is 1. The number of hydrogen-bond acceptors (Lipinski definition) is 2. The number of rotatable bonds is 5. The molecular formula is C16H20FN3O. The maximum absolute atomic E-state index is 13.5. The topological polar surface area (TPSA) is 46.9 Å². The minimum Gasteiger partial charge on any atom is -0.350 e. The highest BCUT2D eigenvalue weighted by Gasteiger charge is 2.11. The normalized spacial score (nSPS) is 12.2. The quantitative estimate of drug-likeness (QED) is 0.920. The zero-order valence-corrected chi connectivity index (χ0v) is 12.6. The molecule has 0 fully saturated rings. The van der Waals surface area contributed by atoms with Gasteiger partial charge in [-0.25, -0.2) is 4.39 Å². The lowest BCUT2D eigenvalue weighted by atomic mass is 10.1. The van der Waals surface area contributed by atoms with Crippen molar-refractivity contribution in [1.82, 2.24) is 15.1 Å². The molecule has 1 atom stereocenters. The summed E-state index contributed by atoms with van der Waals surface area (Å²) in [6.45, 7) is 3.57. The molecule has 112 valence electrons. The second-order valence-electron chi connectivity index (χ2n) is 5.32. The molecule has 0 saturated carbocycles. The van der Waals surface area contributed by atoms with Crippen LogP contribution in [0.5, 0.6) is 0 Å². The second kappa shape index (κ2) is 6.52. The standard InChI is InChI=1S/C16H20FN3O/c1-11-4-6-14(8-15(11)17)12(2)19-16(21)7-5-13-9-18-20(3)10-13/h4,6,8-10,12H,5,7H2,1-3H3,(H,19,21)/t12-/m1/s1. The predicted octanol–water partition coefficient (Wildman–Crippen LogP) is 2.68. The Balaban J connectivity index is 1.88. The van der Waals surface area contributed by atoms with Crippen molar-refractivity contribution in [2.45, 2.75) is 32.7 Å². The van der Waals surface area contributed by atoms with Crippen molar-refractivity contribution in [3.63, 3.8) is 0 Å². The number of halogens is 1. The summed E-state index contributed by atoms with van der Waals surface area (Å²) in [5.74, 6) is -0.295. The number of nitrogens with zero attached hydrogens (tertiary/aromatic N) is 2. The molecule has 4 nitrogen and oxygen atoms in total. The summed E-state index contributed by atoms with van der Waals surface area (Å²) in [6.07, 6.45) is 4.69. The fraction of sp³-hybridized carbons (Fsp3) is 0.375. The van der Waals surface area contributed by atoms with Gasteiger partial charge < -0.3 is 5.32 Å². The zero-order chi connectivity index (χ0) is 15.4. The van der Waals surface area contributed by atoms with Gasteiger partial charge in [0.05, 0.1) is 12.2 Å². The van der Waals surface area contributed by atoms with E-state index < -0.39 is 0 Å². The van der Waals surface area contributed by atoms with Gasteiger partial charge in [-0.15, -0.1) is 0 Å². The van der Waals surface area contributed by atoms with Gasteiger partial charge in [0.15, 0.2) is 0 Å². The summed E-state index contributed by atoms with van der Waals surface area (Å²) >= 11 is 0. The summed E-state index contributed by atoms with van der Waals surface area (Å²) in [4.78, 5) is 11.9. The highest BCUT2D eigenvalue weighted by molar-refractivity contribution is 5.76. The minimum absolute atomic E-state index is 0.0488. The van der Waals surface area contributed by atoms with Crippen molar-refractivity contribution in [1.29, 1.82) is 0 Å². The Hall–Kier alpha value is -2.17. The number of aromatic nitrogens is 2. The first-order valence-corrected chi connectivity index (χ1v) is 6.98. The van der Waals surface area contributed by atoms with Crippen LogP contribution in [-0.4, -0.2) is 15.7 Å². The third-order valence-corrected chi connectivity index (χ3v) is 3.47. The largest absolute Gasteiger partial charge is 0.350 e. The van der Waals surface area contributed by atoms with E-state index in [0.717, 1.165) is 11.1 Å². The monoisotopic (exact) mass is 289 g/mol. The van der Waals surface area contributed by atoms with E-state index in [0.29, 0.717) is 18.4 Å². The van der Waals surface area contributed by atoms with Crippen molar-refractivity contribution in [2.75, 3.05) is 0 Å². The van der Waals surface area contributed by atoms with Crippen LogP contribution in [0.25, 0.3) is 0 Å². The third kappa shape index (κ3) is 4.15. The Labute approximate surface area is 124 Å². The predicted molar refractivity (Wildman–Crippen MR) is 79.2 cm³/mol. The summed E-state index contributed by atoms with van der Waals surface area (Å²) in [5.41, 5.74) is 2.41. The van der Waals surface area contributed by atoms with Crippen molar-refractivity contribution in [3.05, 3.63) is 53.1 Å². The number of nitrogens with one attached hydrogen (secondary N) is 1. The Morgan fingerprint density at radius 1 is 1.48 bits per heavy atom. The van der Waals surface area contributed by atoms with Gasteiger partial charge in [0.1, 0.15) is 5.82 Å². The van der Waals surface area contributed by atoms with E-state index in [1.54, 1.807) is 23.9 Å². The van der Waals surface area contributed by atoms with Crippen LogP contribution < -0.4 is 5.32 Å². The molecule has 0 aliphatic carbocycles. The number of carbonyl (C=O) groups is 1. The summed E-state index contributed by atoms with van der Waals surface area (Å²) in [7, 11) is 1.84. The van der Waals surface area contributed by atoms with E-state index in [1.807, 2.05) is 26.2 Å². The number of benzene rings is 1. The van der Waals surface area contributed by atoms with Gasteiger partial charge in [-0.3, -0.25) is 9.48 Å². The molecule has 0 saturated heterocycles. The Kier molecular flexibility index (Phi) is 4.73. The Morgan fingerprint density at radius 2 is 2.24 bits per heavy atom. The SMILES string of the molecule is Cc1ccc([C@@H](C)NC(=O)CCc2cnn(C)c2)cc1F. The molecule has 0 aliphatic heterocycles. The highest BCUT2D eigenvalue weighted by atomic mass is 19.1. The van der Waals surface area contributed by atoms with Gasteiger partial charge in [-0.05, 0) is 43.0 Å². The molecule has 0 radical (unpaired) electrons. The van der Waals surface area contributed by atoms with Crippen LogP contribution in [0, 0.1) is 12.7 Å². The molecule has 0 unspecified atom stereocenters. The lowest BCUT2D eigenvalue weighted by Gasteiger charge is -2.15.